The van der Waals surface area contributed by atoms with Gasteiger partial charge in [-0.3, -0.25) is 9.59 Å². The molecule has 0 saturated heterocycles. The maximum atomic E-state index is 13.3. The van der Waals surface area contributed by atoms with E-state index in [-0.39, 0.29) is 34.6 Å². The summed E-state index contributed by atoms with van der Waals surface area (Å²) in [5.41, 5.74) is -0.0175. The first-order valence-corrected chi connectivity index (χ1v) is 9.98. The molecular formula is C21H32O3. The quantitative estimate of drug-likeness (QED) is 0.795. The number of carbonyl (C=O) groups is 2. The van der Waals surface area contributed by atoms with Crippen molar-refractivity contribution in [2.45, 2.75) is 78.2 Å². The molecule has 0 unspecified atom stereocenters. The highest BCUT2D eigenvalue weighted by molar-refractivity contribution is 5.87. The number of hydrogen-bond acceptors (Lipinski definition) is 3. The fourth-order valence-corrected chi connectivity index (χ4v) is 7.72. The molecule has 3 nitrogen and oxygen atoms in total. The van der Waals surface area contributed by atoms with Gasteiger partial charge in [-0.2, -0.15) is 0 Å². The lowest BCUT2D eigenvalue weighted by molar-refractivity contribution is -0.162. The molecule has 0 aromatic heterocycles. The number of rotatable bonds is 1. The molecule has 4 aliphatic rings. The van der Waals surface area contributed by atoms with Gasteiger partial charge in [0.1, 0.15) is 11.6 Å². The summed E-state index contributed by atoms with van der Waals surface area (Å²) < 4.78 is 0. The fourth-order valence-electron chi connectivity index (χ4n) is 7.72. The molecule has 0 aromatic rings. The van der Waals surface area contributed by atoms with Crippen LogP contribution in [0.15, 0.2) is 0 Å². The van der Waals surface area contributed by atoms with Crippen molar-refractivity contribution >= 4 is 11.6 Å². The van der Waals surface area contributed by atoms with Crippen LogP contribution in [0.4, 0.5) is 0 Å². The lowest BCUT2D eigenvalue weighted by Crippen LogP contribution is -2.58. The van der Waals surface area contributed by atoms with Crippen LogP contribution in [-0.2, 0) is 9.59 Å². The van der Waals surface area contributed by atoms with Gasteiger partial charge in [0.2, 0.25) is 0 Å². The Morgan fingerprint density at radius 1 is 1.08 bits per heavy atom. The molecule has 0 spiro atoms. The molecule has 4 fully saturated rings. The van der Waals surface area contributed by atoms with E-state index in [4.69, 9.17) is 0 Å². The van der Waals surface area contributed by atoms with Crippen LogP contribution in [0.2, 0.25) is 0 Å². The number of hydrogen-bond donors (Lipinski definition) is 1. The average molecular weight is 332 g/mol. The Bertz CT molecular complexity index is 569. The summed E-state index contributed by atoms with van der Waals surface area (Å²) in [4.78, 5) is 25.5. The Kier molecular flexibility index (Phi) is 3.77. The lowest BCUT2D eigenvalue weighted by atomic mass is 9.44. The minimum atomic E-state index is -0.169. The number of aliphatic hydroxyl groups excluding tert-OH is 1. The SMILES string of the molecule is CC(=O)[C@@H]1CC[C@H]2[C@H]3CC[C@@H]4C[C@H](O)CC[C@]4(C)[C@@H]3C(=O)C[C@]12C. The van der Waals surface area contributed by atoms with E-state index in [2.05, 4.69) is 13.8 Å². The molecule has 4 saturated carbocycles. The van der Waals surface area contributed by atoms with E-state index in [0.29, 0.717) is 30.0 Å². The van der Waals surface area contributed by atoms with Gasteiger partial charge in [-0.1, -0.05) is 13.8 Å². The fraction of sp³-hybridized carbons (Fsp3) is 0.905. The third-order valence-corrected chi connectivity index (χ3v) is 8.81. The zero-order valence-corrected chi connectivity index (χ0v) is 15.4. The minimum Gasteiger partial charge on any atom is -0.393 e. The van der Waals surface area contributed by atoms with Crippen LogP contribution in [0.1, 0.15) is 72.1 Å². The molecule has 8 atom stereocenters. The van der Waals surface area contributed by atoms with Gasteiger partial charge in [0.15, 0.2) is 0 Å². The molecule has 4 rings (SSSR count). The van der Waals surface area contributed by atoms with E-state index in [1.807, 2.05) is 0 Å². The monoisotopic (exact) mass is 332 g/mol. The summed E-state index contributed by atoms with van der Waals surface area (Å²) in [5.74, 6) is 2.48. The van der Waals surface area contributed by atoms with Gasteiger partial charge in [0.25, 0.3) is 0 Å². The van der Waals surface area contributed by atoms with Crippen molar-refractivity contribution in [2.75, 3.05) is 0 Å². The maximum Gasteiger partial charge on any atom is 0.137 e. The van der Waals surface area contributed by atoms with Crippen LogP contribution in [-0.4, -0.2) is 22.8 Å². The van der Waals surface area contributed by atoms with Gasteiger partial charge >= 0.3 is 0 Å². The summed E-state index contributed by atoms with van der Waals surface area (Å²) in [5, 5.41) is 10.1. The number of ketones is 2. The second kappa shape index (κ2) is 5.40. The summed E-state index contributed by atoms with van der Waals surface area (Å²) in [6, 6.07) is 0. The zero-order valence-electron chi connectivity index (χ0n) is 15.4. The summed E-state index contributed by atoms with van der Waals surface area (Å²) in [7, 11) is 0. The third kappa shape index (κ3) is 2.12. The summed E-state index contributed by atoms with van der Waals surface area (Å²) >= 11 is 0. The Morgan fingerprint density at radius 3 is 2.54 bits per heavy atom. The molecule has 0 radical (unpaired) electrons. The molecular weight excluding hydrogens is 300 g/mol. The van der Waals surface area contributed by atoms with E-state index >= 15 is 0 Å². The summed E-state index contributed by atoms with van der Waals surface area (Å²) in [6.07, 6.45) is 7.53. The Balaban J connectivity index is 1.68. The van der Waals surface area contributed by atoms with E-state index in [9.17, 15) is 14.7 Å². The number of fused-ring (bicyclic) bond motifs is 5. The van der Waals surface area contributed by atoms with Crippen LogP contribution in [0.3, 0.4) is 0 Å². The minimum absolute atomic E-state index is 0.0782. The molecule has 134 valence electrons. The highest BCUT2D eigenvalue weighted by Crippen LogP contribution is 2.66. The van der Waals surface area contributed by atoms with Crippen molar-refractivity contribution in [1.29, 1.82) is 0 Å². The number of Topliss-reactive ketones (excluding diaryl/α,β-unsaturated/α-hetero) is 2. The van der Waals surface area contributed by atoms with Crippen LogP contribution in [0, 0.1) is 40.4 Å². The largest absolute Gasteiger partial charge is 0.393 e. The van der Waals surface area contributed by atoms with Crippen molar-refractivity contribution in [3.8, 4) is 0 Å². The average Bonchev–Trinajstić information content (AvgIpc) is 2.84. The molecule has 0 heterocycles. The molecule has 24 heavy (non-hydrogen) atoms. The predicted molar refractivity (Wildman–Crippen MR) is 92.3 cm³/mol. The molecule has 3 heteroatoms. The normalized spacial score (nSPS) is 53.9. The molecule has 0 amide bonds. The van der Waals surface area contributed by atoms with Gasteiger partial charge in [-0.15, -0.1) is 0 Å². The van der Waals surface area contributed by atoms with Crippen LogP contribution >= 0.6 is 0 Å². The molecule has 0 aliphatic heterocycles. The maximum absolute atomic E-state index is 13.3. The second-order valence-electron chi connectivity index (χ2n) is 9.85. The van der Waals surface area contributed by atoms with Crippen LogP contribution in [0.5, 0.6) is 0 Å². The Labute approximate surface area is 145 Å². The first kappa shape index (κ1) is 16.8. The van der Waals surface area contributed by atoms with Gasteiger partial charge < -0.3 is 5.11 Å². The van der Waals surface area contributed by atoms with Gasteiger partial charge in [0.05, 0.1) is 6.10 Å². The van der Waals surface area contributed by atoms with Crippen LogP contribution < -0.4 is 0 Å². The van der Waals surface area contributed by atoms with Gasteiger partial charge in [-0.25, -0.2) is 0 Å². The van der Waals surface area contributed by atoms with Crippen LogP contribution in [0.25, 0.3) is 0 Å². The predicted octanol–water partition coefficient (Wildman–Crippen LogP) is 3.77. The molecule has 4 aliphatic carbocycles. The van der Waals surface area contributed by atoms with Gasteiger partial charge in [-0.05, 0) is 80.5 Å². The number of carbonyl (C=O) groups excluding carboxylic acids is 2. The van der Waals surface area contributed by atoms with Gasteiger partial charge in [0, 0.05) is 18.3 Å². The molecule has 0 aromatic carbocycles. The third-order valence-electron chi connectivity index (χ3n) is 8.81. The van der Waals surface area contributed by atoms with E-state index in [1.165, 1.54) is 0 Å². The second-order valence-corrected chi connectivity index (χ2v) is 9.85. The zero-order chi connectivity index (χ0) is 17.3. The standard InChI is InChI=1S/C21H32O3/c1-12(22)16-6-7-17-15-5-4-13-10-14(23)8-9-20(13,2)19(15)18(24)11-21(16,17)3/h13-17,19,23H,4-11H2,1-3H3/t13-,14-,15-,16+,17+,19+,20+,21-/m1/s1. The number of aliphatic hydroxyl groups is 1. The first-order chi connectivity index (χ1) is 11.3. The van der Waals surface area contributed by atoms with Crippen molar-refractivity contribution < 1.29 is 14.7 Å². The van der Waals surface area contributed by atoms with E-state index in [1.54, 1.807) is 6.92 Å². The summed E-state index contributed by atoms with van der Waals surface area (Å²) in [6.45, 7) is 6.28. The molecule has 0 bridgehead atoms. The van der Waals surface area contributed by atoms with Crippen molar-refractivity contribution in [3.05, 3.63) is 0 Å². The highest BCUT2D eigenvalue weighted by atomic mass is 16.3. The topological polar surface area (TPSA) is 54.4 Å². The van der Waals surface area contributed by atoms with Crippen molar-refractivity contribution in [3.63, 3.8) is 0 Å². The highest BCUT2D eigenvalue weighted by Gasteiger charge is 2.63. The van der Waals surface area contributed by atoms with Crippen molar-refractivity contribution in [2.24, 2.45) is 40.4 Å². The van der Waals surface area contributed by atoms with E-state index < -0.39 is 0 Å². The van der Waals surface area contributed by atoms with E-state index in [0.717, 1.165) is 44.9 Å². The Morgan fingerprint density at radius 2 is 1.83 bits per heavy atom. The Hall–Kier alpha value is -0.700. The first-order valence-electron chi connectivity index (χ1n) is 9.98. The smallest absolute Gasteiger partial charge is 0.137 e. The molecule has 1 N–H and O–H groups in total. The lowest BCUT2D eigenvalue weighted by Gasteiger charge is -2.59. The van der Waals surface area contributed by atoms with Crippen molar-refractivity contribution in [1.82, 2.24) is 0 Å².